The van der Waals surface area contributed by atoms with Crippen LogP contribution in [-0.2, 0) is 0 Å². The van der Waals surface area contributed by atoms with Crippen molar-refractivity contribution in [1.82, 2.24) is 5.32 Å². The highest BCUT2D eigenvalue weighted by molar-refractivity contribution is 6.42. The number of hydrogen-bond donors (Lipinski definition) is 0. The smallest absolute Gasteiger partial charge is 0.0633 e. The highest BCUT2D eigenvalue weighted by Crippen LogP contribution is 2.32. The van der Waals surface area contributed by atoms with Crippen LogP contribution in [-0.4, -0.2) is 0 Å². The van der Waals surface area contributed by atoms with Gasteiger partial charge in [-0.25, -0.2) is 0 Å². The zero-order valence-corrected chi connectivity index (χ0v) is 8.83. The van der Waals surface area contributed by atoms with Gasteiger partial charge in [0.1, 0.15) is 0 Å². The van der Waals surface area contributed by atoms with Crippen LogP contribution in [0.25, 0.3) is 0 Å². The fourth-order valence-corrected chi connectivity index (χ4v) is 1.82. The van der Waals surface area contributed by atoms with E-state index in [2.05, 4.69) is 5.32 Å². The number of benzene rings is 1. The predicted octanol–water partition coefficient (Wildman–Crippen LogP) is 3.72. The largest absolute Gasteiger partial charge is 0.265 e. The molecule has 0 saturated carbocycles. The molecule has 0 saturated heterocycles. The monoisotopic (exact) mass is 224 g/mol. The first-order valence-electron chi connectivity index (χ1n) is 4.26. The van der Waals surface area contributed by atoms with Gasteiger partial charge in [-0.15, -0.1) is 0 Å². The number of rotatable bonds is 1. The molecule has 1 aromatic carbocycles. The van der Waals surface area contributed by atoms with E-state index in [1.165, 1.54) is 0 Å². The molecule has 1 aliphatic rings. The third-order valence-electron chi connectivity index (χ3n) is 2.10. The van der Waals surface area contributed by atoms with Crippen molar-refractivity contribution in [2.24, 2.45) is 0 Å². The topological polar surface area (TPSA) is 14.1 Å². The normalized spacial score (nSPS) is 15.6. The third kappa shape index (κ3) is 1.79. The van der Waals surface area contributed by atoms with Gasteiger partial charge in [-0.3, -0.25) is 5.32 Å². The molecule has 0 atom stereocenters. The molecule has 0 N–H and O–H groups in total. The van der Waals surface area contributed by atoms with Gasteiger partial charge in [-0.2, -0.15) is 0 Å². The van der Waals surface area contributed by atoms with E-state index in [1.54, 1.807) is 18.5 Å². The van der Waals surface area contributed by atoms with E-state index in [0.29, 0.717) is 10.0 Å². The summed E-state index contributed by atoms with van der Waals surface area (Å²) in [6.07, 6.45) is 7.50. The Labute approximate surface area is 93.0 Å². The SMILES string of the molecule is Clc1cccc(C2C=C[N]C=C2)c1Cl. The molecule has 0 amide bonds. The minimum atomic E-state index is 0.179. The Bertz CT molecular complexity index is 384. The van der Waals surface area contributed by atoms with E-state index in [1.807, 2.05) is 24.3 Å². The van der Waals surface area contributed by atoms with Crippen molar-refractivity contribution < 1.29 is 0 Å². The highest BCUT2D eigenvalue weighted by Gasteiger charge is 2.12. The van der Waals surface area contributed by atoms with Gasteiger partial charge in [0.15, 0.2) is 0 Å². The lowest BCUT2D eigenvalue weighted by Gasteiger charge is -2.13. The van der Waals surface area contributed by atoms with Crippen LogP contribution >= 0.6 is 23.2 Å². The summed E-state index contributed by atoms with van der Waals surface area (Å²) in [6, 6.07) is 5.66. The molecule has 0 fully saturated rings. The summed E-state index contributed by atoms with van der Waals surface area (Å²) in [5.41, 5.74) is 1.02. The van der Waals surface area contributed by atoms with Crippen LogP contribution in [0.2, 0.25) is 10.0 Å². The van der Waals surface area contributed by atoms with Crippen LogP contribution in [0.3, 0.4) is 0 Å². The van der Waals surface area contributed by atoms with Crippen LogP contribution in [0.1, 0.15) is 11.5 Å². The standard InChI is InChI=1S/C11H8Cl2N/c12-10-3-1-2-9(11(10)13)8-4-6-14-7-5-8/h1-8H. The Morgan fingerprint density at radius 2 is 1.79 bits per heavy atom. The average Bonchev–Trinajstić information content (AvgIpc) is 2.23. The van der Waals surface area contributed by atoms with Crippen LogP contribution in [0.5, 0.6) is 0 Å². The molecule has 2 rings (SSSR count). The van der Waals surface area contributed by atoms with Crippen LogP contribution in [0, 0.1) is 0 Å². The third-order valence-corrected chi connectivity index (χ3v) is 2.93. The van der Waals surface area contributed by atoms with Gasteiger partial charge >= 0.3 is 0 Å². The molecule has 71 valence electrons. The maximum absolute atomic E-state index is 6.10. The van der Waals surface area contributed by atoms with Gasteiger partial charge in [-0.1, -0.05) is 47.5 Å². The number of hydrogen-bond acceptors (Lipinski definition) is 0. The van der Waals surface area contributed by atoms with Crippen molar-refractivity contribution >= 4 is 23.2 Å². The molecule has 0 aliphatic carbocycles. The molecule has 3 heteroatoms. The summed E-state index contributed by atoms with van der Waals surface area (Å²) in [4.78, 5) is 0. The second kappa shape index (κ2) is 4.07. The Kier molecular flexibility index (Phi) is 2.80. The van der Waals surface area contributed by atoms with Crippen LogP contribution in [0.4, 0.5) is 0 Å². The summed E-state index contributed by atoms with van der Waals surface area (Å²) in [5.74, 6) is 0.179. The fraction of sp³-hybridized carbons (Fsp3) is 0.0909. The summed E-state index contributed by atoms with van der Waals surface area (Å²) < 4.78 is 0. The summed E-state index contributed by atoms with van der Waals surface area (Å²) in [5, 5.41) is 5.18. The number of allylic oxidation sites excluding steroid dienone is 2. The van der Waals surface area contributed by atoms with E-state index in [9.17, 15) is 0 Å². The van der Waals surface area contributed by atoms with E-state index in [-0.39, 0.29) is 5.92 Å². The van der Waals surface area contributed by atoms with Gasteiger partial charge in [-0.05, 0) is 11.6 Å². The maximum atomic E-state index is 6.10. The van der Waals surface area contributed by atoms with E-state index in [0.717, 1.165) is 5.56 Å². The lowest BCUT2D eigenvalue weighted by Crippen LogP contribution is -1.99. The van der Waals surface area contributed by atoms with Crippen LogP contribution < -0.4 is 5.32 Å². The van der Waals surface area contributed by atoms with Crippen molar-refractivity contribution in [3.63, 3.8) is 0 Å². The van der Waals surface area contributed by atoms with Gasteiger partial charge in [0.2, 0.25) is 0 Å². The lowest BCUT2D eigenvalue weighted by atomic mass is 9.98. The van der Waals surface area contributed by atoms with Gasteiger partial charge in [0.05, 0.1) is 10.0 Å². The van der Waals surface area contributed by atoms with Crippen molar-refractivity contribution in [1.29, 1.82) is 0 Å². The molecule has 0 spiro atoms. The Morgan fingerprint density at radius 3 is 2.50 bits per heavy atom. The molecular weight excluding hydrogens is 217 g/mol. The molecular formula is C11H8Cl2N. The summed E-state index contributed by atoms with van der Waals surface area (Å²) in [6.45, 7) is 0. The molecule has 0 aromatic heterocycles. The molecule has 1 radical (unpaired) electrons. The van der Waals surface area contributed by atoms with Gasteiger partial charge in [0.25, 0.3) is 0 Å². The molecule has 0 bridgehead atoms. The average molecular weight is 225 g/mol. The lowest BCUT2D eigenvalue weighted by molar-refractivity contribution is 0.987. The van der Waals surface area contributed by atoms with Crippen molar-refractivity contribution in [3.8, 4) is 0 Å². The molecule has 1 nitrogen and oxygen atoms in total. The quantitative estimate of drug-likeness (QED) is 0.691. The highest BCUT2D eigenvalue weighted by atomic mass is 35.5. The zero-order chi connectivity index (χ0) is 9.97. The summed E-state index contributed by atoms with van der Waals surface area (Å²) >= 11 is 12.0. The Hall–Kier alpha value is -0.920. The van der Waals surface area contributed by atoms with Crippen molar-refractivity contribution in [2.45, 2.75) is 5.92 Å². The Balaban J connectivity index is 2.40. The fourth-order valence-electron chi connectivity index (χ4n) is 1.38. The molecule has 1 heterocycles. The van der Waals surface area contributed by atoms with E-state index >= 15 is 0 Å². The zero-order valence-electron chi connectivity index (χ0n) is 7.32. The first-order valence-corrected chi connectivity index (χ1v) is 5.02. The van der Waals surface area contributed by atoms with Gasteiger partial charge in [0, 0.05) is 18.3 Å². The molecule has 1 aliphatic heterocycles. The van der Waals surface area contributed by atoms with E-state index < -0.39 is 0 Å². The van der Waals surface area contributed by atoms with Crippen molar-refractivity contribution in [3.05, 3.63) is 58.4 Å². The Morgan fingerprint density at radius 1 is 1.07 bits per heavy atom. The summed E-state index contributed by atoms with van der Waals surface area (Å²) in [7, 11) is 0. The first kappa shape index (κ1) is 9.63. The van der Waals surface area contributed by atoms with Crippen LogP contribution in [0.15, 0.2) is 42.8 Å². The van der Waals surface area contributed by atoms with Crippen molar-refractivity contribution in [2.75, 3.05) is 0 Å². The van der Waals surface area contributed by atoms with E-state index in [4.69, 9.17) is 23.2 Å². The minimum absolute atomic E-state index is 0.179. The number of halogens is 2. The minimum Gasteiger partial charge on any atom is -0.265 e. The molecule has 14 heavy (non-hydrogen) atoms. The maximum Gasteiger partial charge on any atom is 0.0633 e. The second-order valence-corrected chi connectivity index (χ2v) is 3.79. The molecule has 1 aromatic rings. The van der Waals surface area contributed by atoms with Gasteiger partial charge < -0.3 is 0 Å². The second-order valence-electron chi connectivity index (χ2n) is 3.00. The predicted molar refractivity (Wildman–Crippen MR) is 59.6 cm³/mol. The molecule has 0 unspecified atom stereocenters. The first-order chi connectivity index (χ1) is 6.79. The number of nitrogens with zero attached hydrogens (tertiary/aromatic N) is 1.